The third-order valence-corrected chi connectivity index (χ3v) is 3.61. The molecule has 1 aromatic rings. The van der Waals surface area contributed by atoms with Gasteiger partial charge in [-0.1, -0.05) is 11.6 Å². The van der Waals surface area contributed by atoms with Crippen LogP contribution < -0.4 is 16.6 Å². The number of nitrogens with one attached hydrogen (secondary N) is 1. The fourth-order valence-electron chi connectivity index (χ4n) is 1.84. The molecule has 1 fully saturated rings. The van der Waals surface area contributed by atoms with E-state index in [4.69, 9.17) is 22.1 Å². The number of halogens is 1. The Morgan fingerprint density at radius 3 is 3.05 bits per heavy atom. The quantitative estimate of drug-likeness (QED) is 0.771. The van der Waals surface area contributed by atoms with Crippen molar-refractivity contribution in [2.75, 3.05) is 25.6 Å². The summed E-state index contributed by atoms with van der Waals surface area (Å²) in [5.74, 6) is 0.598. The third-order valence-electron chi connectivity index (χ3n) is 3.25. The number of anilines is 1. The normalized spacial score (nSPS) is 16.4. The number of aromatic nitrogens is 2. The lowest BCUT2D eigenvalue weighted by Crippen LogP contribution is -2.32. The first-order valence-electron chi connectivity index (χ1n) is 6.37. The van der Waals surface area contributed by atoms with Crippen molar-refractivity contribution in [2.24, 2.45) is 11.7 Å². The van der Waals surface area contributed by atoms with Crippen LogP contribution in [0.4, 0.5) is 5.69 Å². The molecule has 3 N–H and O–H groups in total. The van der Waals surface area contributed by atoms with Gasteiger partial charge in [0.25, 0.3) is 5.56 Å². The molecule has 0 bridgehead atoms. The molecular formula is C12H19ClN4O2. The third kappa shape index (κ3) is 3.68. The second-order valence-corrected chi connectivity index (χ2v) is 5.15. The molecule has 0 aromatic carbocycles. The fraction of sp³-hybridized carbons (Fsp3) is 0.667. The van der Waals surface area contributed by atoms with Gasteiger partial charge in [-0.05, 0) is 18.8 Å². The molecule has 6 nitrogen and oxygen atoms in total. The van der Waals surface area contributed by atoms with Gasteiger partial charge in [0, 0.05) is 19.7 Å². The zero-order valence-electron chi connectivity index (χ0n) is 10.9. The monoisotopic (exact) mass is 286 g/mol. The highest BCUT2D eigenvalue weighted by Gasteiger charge is 2.28. The minimum Gasteiger partial charge on any atom is -0.383 e. The Morgan fingerprint density at radius 1 is 1.68 bits per heavy atom. The maximum atomic E-state index is 11.9. The zero-order chi connectivity index (χ0) is 13.8. The highest BCUT2D eigenvalue weighted by atomic mass is 35.5. The van der Waals surface area contributed by atoms with Crippen molar-refractivity contribution in [1.82, 2.24) is 9.78 Å². The van der Waals surface area contributed by atoms with Crippen LogP contribution in [-0.2, 0) is 11.3 Å². The second-order valence-electron chi connectivity index (χ2n) is 4.78. The summed E-state index contributed by atoms with van der Waals surface area (Å²) in [6.07, 6.45) is 3.93. The lowest BCUT2D eigenvalue weighted by Gasteiger charge is -2.14. The van der Waals surface area contributed by atoms with Crippen molar-refractivity contribution >= 4 is 17.3 Å². The molecule has 7 heteroatoms. The Bertz CT molecular complexity index is 487. The van der Waals surface area contributed by atoms with E-state index in [1.165, 1.54) is 17.5 Å². The number of hydrogen-bond acceptors (Lipinski definition) is 5. The standard InChI is InChI=1S/C12H19ClN4O2/c1-19-5-4-17-12(18)11(13)10(7-16-17)15-6-9(14)8-2-3-8/h7-9,15H,2-6,14H2,1H3. The Kier molecular flexibility index (Phi) is 4.79. The number of nitrogens with zero attached hydrogens (tertiary/aromatic N) is 2. The number of nitrogens with two attached hydrogens (primary N) is 1. The predicted molar refractivity (Wildman–Crippen MR) is 74.6 cm³/mol. The molecule has 1 heterocycles. The van der Waals surface area contributed by atoms with Crippen molar-refractivity contribution in [1.29, 1.82) is 0 Å². The van der Waals surface area contributed by atoms with Crippen LogP contribution in [0.5, 0.6) is 0 Å². The minimum absolute atomic E-state index is 0.104. The summed E-state index contributed by atoms with van der Waals surface area (Å²) in [4.78, 5) is 11.9. The summed E-state index contributed by atoms with van der Waals surface area (Å²) in [5, 5.41) is 7.29. The maximum absolute atomic E-state index is 11.9. The number of methoxy groups -OCH3 is 1. The summed E-state index contributed by atoms with van der Waals surface area (Å²) in [6.45, 7) is 1.41. The van der Waals surface area contributed by atoms with Crippen LogP contribution in [0.3, 0.4) is 0 Å². The SMILES string of the molecule is COCCn1ncc(NCC(N)C2CC2)c(Cl)c1=O. The van der Waals surface area contributed by atoms with Crippen LogP contribution in [0.1, 0.15) is 12.8 Å². The van der Waals surface area contributed by atoms with E-state index in [2.05, 4.69) is 10.4 Å². The van der Waals surface area contributed by atoms with Crippen LogP contribution >= 0.6 is 11.6 Å². The van der Waals surface area contributed by atoms with E-state index in [1.54, 1.807) is 13.3 Å². The zero-order valence-corrected chi connectivity index (χ0v) is 11.7. The predicted octanol–water partition coefficient (Wildman–Crippen LogP) is 0.692. The van der Waals surface area contributed by atoms with Gasteiger partial charge in [-0.3, -0.25) is 4.79 Å². The van der Waals surface area contributed by atoms with Crippen molar-refractivity contribution in [3.63, 3.8) is 0 Å². The fourth-order valence-corrected chi connectivity index (χ4v) is 2.06. The molecule has 0 spiro atoms. The van der Waals surface area contributed by atoms with Crippen molar-refractivity contribution in [3.8, 4) is 0 Å². The van der Waals surface area contributed by atoms with E-state index >= 15 is 0 Å². The number of hydrogen-bond donors (Lipinski definition) is 2. The topological polar surface area (TPSA) is 82.2 Å². The first-order valence-corrected chi connectivity index (χ1v) is 6.75. The Balaban J connectivity index is 2.00. The molecule has 0 amide bonds. The Labute approximate surface area is 116 Å². The number of ether oxygens (including phenoxy) is 1. The Morgan fingerprint density at radius 2 is 2.42 bits per heavy atom. The maximum Gasteiger partial charge on any atom is 0.287 e. The van der Waals surface area contributed by atoms with Crippen LogP contribution in [-0.4, -0.2) is 36.1 Å². The Hall–Kier alpha value is -1.11. The molecule has 1 atom stereocenters. The summed E-state index contributed by atoms with van der Waals surface area (Å²) in [7, 11) is 1.57. The minimum atomic E-state index is -0.316. The molecule has 1 aromatic heterocycles. The van der Waals surface area contributed by atoms with E-state index in [0.717, 1.165) is 0 Å². The van der Waals surface area contributed by atoms with Crippen molar-refractivity contribution in [3.05, 3.63) is 21.6 Å². The van der Waals surface area contributed by atoms with Crippen LogP contribution in [0.2, 0.25) is 5.02 Å². The van der Waals surface area contributed by atoms with E-state index < -0.39 is 0 Å². The van der Waals surface area contributed by atoms with Gasteiger partial charge in [-0.25, -0.2) is 4.68 Å². The van der Waals surface area contributed by atoms with Gasteiger partial charge in [0.2, 0.25) is 0 Å². The second kappa shape index (κ2) is 6.36. The molecule has 0 saturated heterocycles. The largest absolute Gasteiger partial charge is 0.383 e. The molecule has 1 saturated carbocycles. The van der Waals surface area contributed by atoms with E-state index in [0.29, 0.717) is 31.3 Å². The molecule has 0 aliphatic heterocycles. The van der Waals surface area contributed by atoms with Crippen molar-refractivity contribution < 1.29 is 4.74 Å². The van der Waals surface area contributed by atoms with Gasteiger partial charge < -0.3 is 15.8 Å². The smallest absolute Gasteiger partial charge is 0.287 e. The van der Waals surface area contributed by atoms with Gasteiger partial charge in [0.1, 0.15) is 5.02 Å². The van der Waals surface area contributed by atoms with Gasteiger partial charge in [0.15, 0.2) is 0 Å². The number of rotatable bonds is 7. The molecular weight excluding hydrogens is 268 g/mol. The van der Waals surface area contributed by atoms with Gasteiger partial charge >= 0.3 is 0 Å². The van der Waals surface area contributed by atoms with Crippen molar-refractivity contribution in [2.45, 2.75) is 25.4 Å². The lowest BCUT2D eigenvalue weighted by molar-refractivity contribution is 0.182. The summed E-state index contributed by atoms with van der Waals surface area (Å²) < 4.78 is 6.20. The van der Waals surface area contributed by atoms with E-state index in [9.17, 15) is 4.79 Å². The van der Waals surface area contributed by atoms with E-state index in [-0.39, 0.29) is 16.6 Å². The van der Waals surface area contributed by atoms with Gasteiger partial charge in [-0.15, -0.1) is 0 Å². The van der Waals surface area contributed by atoms with E-state index in [1.807, 2.05) is 0 Å². The van der Waals surface area contributed by atoms with Gasteiger partial charge in [0.05, 0.1) is 25.0 Å². The molecule has 1 aliphatic rings. The van der Waals surface area contributed by atoms with Crippen LogP contribution in [0.15, 0.2) is 11.0 Å². The van der Waals surface area contributed by atoms with Crippen LogP contribution in [0, 0.1) is 5.92 Å². The molecule has 1 unspecified atom stereocenters. The average molecular weight is 287 g/mol. The molecule has 106 valence electrons. The van der Waals surface area contributed by atoms with Gasteiger partial charge in [-0.2, -0.15) is 5.10 Å². The average Bonchev–Trinajstić information content (AvgIpc) is 3.23. The lowest BCUT2D eigenvalue weighted by atomic mass is 10.2. The molecule has 19 heavy (non-hydrogen) atoms. The molecule has 2 rings (SSSR count). The molecule has 0 radical (unpaired) electrons. The van der Waals surface area contributed by atoms with Crippen LogP contribution in [0.25, 0.3) is 0 Å². The highest BCUT2D eigenvalue weighted by molar-refractivity contribution is 6.32. The molecule has 1 aliphatic carbocycles. The first-order chi connectivity index (χ1) is 9.13. The first kappa shape index (κ1) is 14.3. The summed E-state index contributed by atoms with van der Waals surface area (Å²) in [6, 6.07) is 0.104. The highest BCUT2D eigenvalue weighted by Crippen LogP contribution is 2.31. The summed E-state index contributed by atoms with van der Waals surface area (Å²) in [5.41, 5.74) is 6.21. The summed E-state index contributed by atoms with van der Waals surface area (Å²) >= 11 is 6.04.